The minimum absolute atomic E-state index is 0.0709. The fourth-order valence-electron chi connectivity index (χ4n) is 1.96. The van der Waals surface area contributed by atoms with E-state index in [9.17, 15) is 14.4 Å². The molecule has 0 fully saturated rings. The van der Waals surface area contributed by atoms with Gasteiger partial charge in [-0.15, -0.1) is 0 Å². The zero-order chi connectivity index (χ0) is 17.2. The zero-order valence-corrected chi connectivity index (χ0v) is 13.5. The van der Waals surface area contributed by atoms with Gasteiger partial charge in [-0.05, 0) is 17.9 Å². The number of carboxylic acids is 1. The predicted octanol–water partition coefficient (Wildman–Crippen LogP) is 2.13. The lowest BCUT2D eigenvalue weighted by molar-refractivity contribution is -0.150. The number of carbonyl (C=O) groups is 3. The van der Waals surface area contributed by atoms with E-state index in [1.54, 1.807) is 0 Å². The van der Waals surface area contributed by atoms with Crippen molar-refractivity contribution in [1.82, 2.24) is 5.32 Å². The number of hydrogen-bond acceptors (Lipinski definition) is 4. The van der Waals surface area contributed by atoms with Crippen LogP contribution in [0, 0.1) is 5.92 Å². The monoisotopic (exact) mass is 321 g/mol. The van der Waals surface area contributed by atoms with Crippen LogP contribution in [0.2, 0.25) is 0 Å². The van der Waals surface area contributed by atoms with Gasteiger partial charge in [0.05, 0.1) is 0 Å². The van der Waals surface area contributed by atoms with Gasteiger partial charge >= 0.3 is 11.9 Å². The van der Waals surface area contributed by atoms with E-state index in [0.717, 1.165) is 5.56 Å². The molecule has 0 aliphatic carbocycles. The minimum atomic E-state index is -0.944. The molecule has 6 heteroatoms. The highest BCUT2D eigenvalue weighted by Gasteiger charge is 2.25. The molecule has 126 valence electrons. The second kappa shape index (κ2) is 9.61. The average molecular weight is 321 g/mol. The average Bonchev–Trinajstić information content (AvgIpc) is 2.50. The Hall–Kier alpha value is -2.37. The second-order valence-corrected chi connectivity index (χ2v) is 5.63. The van der Waals surface area contributed by atoms with Crippen molar-refractivity contribution in [2.45, 2.75) is 45.8 Å². The molecule has 0 aliphatic heterocycles. The lowest BCUT2D eigenvalue weighted by atomic mass is 10.0. The van der Waals surface area contributed by atoms with Gasteiger partial charge in [-0.2, -0.15) is 0 Å². The molecule has 1 aromatic carbocycles. The molecule has 0 saturated heterocycles. The van der Waals surface area contributed by atoms with Crippen molar-refractivity contribution in [3.8, 4) is 0 Å². The number of nitrogens with one attached hydrogen (secondary N) is 1. The van der Waals surface area contributed by atoms with Gasteiger partial charge in [-0.25, -0.2) is 4.79 Å². The summed E-state index contributed by atoms with van der Waals surface area (Å²) in [5.41, 5.74) is 0.871. The molecule has 0 bridgehead atoms. The number of carbonyl (C=O) groups excluding carboxylic acids is 2. The number of amides is 1. The van der Waals surface area contributed by atoms with Gasteiger partial charge in [0.25, 0.3) is 0 Å². The molecule has 1 amide bonds. The Balaban J connectivity index is 2.48. The molecule has 2 N–H and O–H groups in total. The van der Waals surface area contributed by atoms with Crippen LogP contribution in [-0.2, 0) is 25.7 Å². The van der Waals surface area contributed by atoms with E-state index in [1.165, 1.54) is 0 Å². The van der Waals surface area contributed by atoms with Crippen molar-refractivity contribution < 1.29 is 24.2 Å². The van der Waals surface area contributed by atoms with Crippen LogP contribution >= 0.6 is 0 Å². The lowest BCUT2D eigenvalue weighted by Crippen LogP contribution is -2.45. The van der Waals surface area contributed by atoms with Gasteiger partial charge in [-0.3, -0.25) is 9.59 Å². The molecule has 0 unspecified atom stereocenters. The van der Waals surface area contributed by atoms with E-state index in [1.807, 2.05) is 44.2 Å². The molecule has 0 radical (unpaired) electrons. The van der Waals surface area contributed by atoms with E-state index in [2.05, 4.69) is 5.32 Å². The number of rotatable bonds is 9. The maximum atomic E-state index is 12.1. The summed E-state index contributed by atoms with van der Waals surface area (Å²) < 4.78 is 5.25. The highest BCUT2D eigenvalue weighted by Crippen LogP contribution is 2.08. The van der Waals surface area contributed by atoms with Gasteiger partial charge in [0, 0.05) is 12.8 Å². The number of carboxylic acid groups (broad SMARTS) is 1. The summed E-state index contributed by atoms with van der Waals surface area (Å²) in [4.78, 5) is 34.4. The van der Waals surface area contributed by atoms with Crippen LogP contribution in [0.5, 0.6) is 0 Å². The number of benzene rings is 1. The van der Waals surface area contributed by atoms with Crippen LogP contribution in [0.3, 0.4) is 0 Å². The largest absolute Gasteiger partial charge is 0.481 e. The van der Waals surface area contributed by atoms with Crippen molar-refractivity contribution in [1.29, 1.82) is 0 Å². The molecule has 1 atom stereocenters. The smallest absolute Gasteiger partial charge is 0.329 e. The van der Waals surface area contributed by atoms with E-state index in [0.29, 0.717) is 0 Å². The van der Waals surface area contributed by atoms with Crippen LogP contribution in [-0.4, -0.2) is 29.0 Å². The maximum absolute atomic E-state index is 12.1. The summed E-state index contributed by atoms with van der Waals surface area (Å²) in [6.07, 6.45) is 0.241. The van der Waals surface area contributed by atoms with E-state index >= 15 is 0 Å². The van der Waals surface area contributed by atoms with Crippen LogP contribution < -0.4 is 5.32 Å². The summed E-state index contributed by atoms with van der Waals surface area (Å²) >= 11 is 0. The van der Waals surface area contributed by atoms with Crippen molar-refractivity contribution in [3.05, 3.63) is 35.9 Å². The highest BCUT2D eigenvalue weighted by molar-refractivity contribution is 5.84. The van der Waals surface area contributed by atoms with Crippen molar-refractivity contribution >= 4 is 17.8 Å². The topological polar surface area (TPSA) is 92.7 Å². The van der Waals surface area contributed by atoms with Crippen LogP contribution in [0.4, 0.5) is 0 Å². The molecule has 6 nitrogen and oxygen atoms in total. The second-order valence-electron chi connectivity index (χ2n) is 5.63. The van der Waals surface area contributed by atoms with Crippen molar-refractivity contribution in [3.63, 3.8) is 0 Å². The van der Waals surface area contributed by atoms with Gasteiger partial charge < -0.3 is 15.2 Å². The first-order chi connectivity index (χ1) is 10.9. The molecule has 0 heterocycles. The molecule has 23 heavy (non-hydrogen) atoms. The number of esters is 1. The zero-order valence-electron chi connectivity index (χ0n) is 13.5. The van der Waals surface area contributed by atoms with E-state index in [-0.39, 0.29) is 37.7 Å². The number of aliphatic carboxylic acids is 1. The first kappa shape index (κ1) is 18.7. The van der Waals surface area contributed by atoms with Gasteiger partial charge in [0.1, 0.15) is 12.6 Å². The summed E-state index contributed by atoms with van der Waals surface area (Å²) in [6.45, 7) is 3.77. The first-order valence-electron chi connectivity index (χ1n) is 7.62. The highest BCUT2D eigenvalue weighted by atomic mass is 16.5. The van der Waals surface area contributed by atoms with Crippen molar-refractivity contribution in [2.24, 2.45) is 5.92 Å². The molecular formula is C17H23NO5. The third kappa shape index (κ3) is 7.44. The quantitative estimate of drug-likeness (QED) is 0.680. The van der Waals surface area contributed by atoms with Crippen LogP contribution in [0.25, 0.3) is 0 Å². The fraction of sp³-hybridized carbons (Fsp3) is 0.471. The van der Waals surface area contributed by atoms with Gasteiger partial charge in [0.2, 0.25) is 5.91 Å². The molecule has 0 aromatic heterocycles. The molecule has 1 aromatic rings. The molecule has 0 aliphatic rings. The Morgan fingerprint density at radius 1 is 1.13 bits per heavy atom. The Labute approximate surface area is 135 Å². The molecular weight excluding hydrogens is 298 g/mol. The Morgan fingerprint density at radius 2 is 1.78 bits per heavy atom. The Bertz CT molecular complexity index is 527. The summed E-state index contributed by atoms with van der Waals surface area (Å²) in [5, 5.41) is 11.2. The van der Waals surface area contributed by atoms with Gasteiger partial charge in [0.15, 0.2) is 0 Å². The number of ether oxygens (including phenoxy) is 1. The van der Waals surface area contributed by atoms with E-state index < -0.39 is 18.0 Å². The summed E-state index contributed by atoms with van der Waals surface area (Å²) in [5.74, 6) is -1.90. The van der Waals surface area contributed by atoms with E-state index in [4.69, 9.17) is 9.84 Å². The third-order valence-corrected chi connectivity index (χ3v) is 3.26. The summed E-state index contributed by atoms with van der Waals surface area (Å²) in [6, 6.07) is 8.54. The predicted molar refractivity (Wildman–Crippen MR) is 84.5 cm³/mol. The van der Waals surface area contributed by atoms with Gasteiger partial charge in [-0.1, -0.05) is 44.2 Å². The van der Waals surface area contributed by atoms with Crippen LogP contribution in [0.1, 0.15) is 38.7 Å². The Kier molecular flexibility index (Phi) is 7.80. The standard InChI is InChI=1S/C17H23NO5/c1-12(2)16(18-14(19)9-6-10-15(20)21)17(22)23-11-13-7-4-3-5-8-13/h3-5,7-8,12,16H,6,9-11H2,1-2H3,(H,18,19)(H,20,21)/t16-/m0/s1. The SMILES string of the molecule is CC(C)[C@H](NC(=O)CCCC(=O)O)C(=O)OCc1ccccc1. The van der Waals surface area contributed by atoms with Crippen molar-refractivity contribution in [2.75, 3.05) is 0 Å². The third-order valence-electron chi connectivity index (χ3n) is 3.26. The fourth-order valence-corrected chi connectivity index (χ4v) is 1.96. The summed E-state index contributed by atoms with van der Waals surface area (Å²) in [7, 11) is 0. The lowest BCUT2D eigenvalue weighted by Gasteiger charge is -2.21. The van der Waals surface area contributed by atoms with Crippen LogP contribution in [0.15, 0.2) is 30.3 Å². The molecule has 0 saturated carbocycles. The molecule has 1 rings (SSSR count). The Morgan fingerprint density at radius 3 is 2.35 bits per heavy atom. The first-order valence-corrected chi connectivity index (χ1v) is 7.62. The normalized spacial score (nSPS) is 11.8. The molecule has 0 spiro atoms. The minimum Gasteiger partial charge on any atom is -0.481 e. The maximum Gasteiger partial charge on any atom is 0.329 e. The number of hydrogen-bond donors (Lipinski definition) is 2.